The van der Waals surface area contributed by atoms with Gasteiger partial charge in [0.05, 0.1) is 32.4 Å². The van der Waals surface area contributed by atoms with Crippen LogP contribution in [0.5, 0.6) is 28.7 Å². The molecule has 0 saturated carbocycles. The number of aryl methyl sites for hydroxylation is 1. The Morgan fingerprint density at radius 3 is 2.32 bits per heavy atom. The monoisotopic (exact) mass is 649 g/mol. The molecule has 0 radical (unpaired) electrons. The van der Waals surface area contributed by atoms with Gasteiger partial charge in [0.1, 0.15) is 23.4 Å². The van der Waals surface area contributed by atoms with Crippen molar-refractivity contribution in [3.05, 3.63) is 45.1 Å². The van der Waals surface area contributed by atoms with Crippen LogP contribution in [0.15, 0.2) is 11.8 Å². The van der Waals surface area contributed by atoms with Gasteiger partial charge >= 0.3 is 6.09 Å². The van der Waals surface area contributed by atoms with E-state index < -0.39 is 41.8 Å². The summed E-state index contributed by atoms with van der Waals surface area (Å²) in [6.45, 7) is 10.0. The topological polar surface area (TPSA) is 177 Å². The lowest BCUT2D eigenvalue weighted by atomic mass is 9.75. The Labute approximate surface area is 274 Å². The van der Waals surface area contributed by atoms with Gasteiger partial charge in [-0.3, -0.25) is 9.69 Å². The number of nitrogens with zero attached hydrogens (tertiary/aromatic N) is 3. The van der Waals surface area contributed by atoms with Gasteiger partial charge in [-0.25, -0.2) is 4.79 Å². The average Bonchev–Trinajstić information content (AvgIpc) is 2.98. The van der Waals surface area contributed by atoms with E-state index in [0.29, 0.717) is 34.6 Å². The van der Waals surface area contributed by atoms with Gasteiger partial charge < -0.3 is 45.1 Å². The quantitative estimate of drug-likeness (QED) is 0.289. The van der Waals surface area contributed by atoms with Crippen molar-refractivity contribution in [3.63, 3.8) is 0 Å². The minimum absolute atomic E-state index is 0.00951. The van der Waals surface area contributed by atoms with Crippen molar-refractivity contribution in [2.75, 3.05) is 27.8 Å². The first kappa shape index (κ1) is 33.5. The zero-order valence-electron chi connectivity index (χ0n) is 28.2. The Hall–Kier alpha value is -4.83. The molecule has 0 aromatic heterocycles. The molecule has 2 amide bonds. The second kappa shape index (κ2) is 12.1. The predicted octanol–water partition coefficient (Wildman–Crippen LogP) is 3.67. The number of ether oxygens (including phenoxy) is 3. The molecule has 2 aromatic carbocycles. The van der Waals surface area contributed by atoms with E-state index >= 15 is 0 Å². The van der Waals surface area contributed by atoms with E-state index in [-0.39, 0.29) is 41.1 Å². The normalized spacial score (nSPS) is 22.0. The molecule has 2 aromatic rings. The Morgan fingerprint density at radius 2 is 1.72 bits per heavy atom. The lowest BCUT2D eigenvalue weighted by molar-refractivity contribution is -0.123. The molecule has 3 aliphatic heterocycles. The second-order valence-corrected chi connectivity index (χ2v) is 13.3. The number of aromatic hydroxyl groups is 3. The Balaban J connectivity index is 1.64. The lowest BCUT2D eigenvalue weighted by Gasteiger charge is -2.57. The third-order valence-corrected chi connectivity index (χ3v) is 9.25. The summed E-state index contributed by atoms with van der Waals surface area (Å²) in [5.41, 5.74) is 2.99. The number of hydrogen-bond acceptors (Lipinski definition) is 11. The highest BCUT2D eigenvalue weighted by Gasteiger charge is 2.53. The van der Waals surface area contributed by atoms with Gasteiger partial charge in [0.15, 0.2) is 23.0 Å². The first-order valence-corrected chi connectivity index (χ1v) is 15.5. The number of phenols is 3. The van der Waals surface area contributed by atoms with Crippen LogP contribution in [-0.2, 0) is 16.0 Å². The minimum atomic E-state index is -0.976. The van der Waals surface area contributed by atoms with Crippen LogP contribution in [-0.4, -0.2) is 88.7 Å². The van der Waals surface area contributed by atoms with Crippen LogP contribution >= 0.6 is 0 Å². The number of piperazine rings is 1. The summed E-state index contributed by atoms with van der Waals surface area (Å²) in [6.07, 6.45) is 1.42. The van der Waals surface area contributed by atoms with E-state index in [2.05, 4.69) is 16.7 Å². The number of alkyl carbamates (subject to hydrolysis) is 1. The van der Waals surface area contributed by atoms with Crippen molar-refractivity contribution in [1.29, 1.82) is 5.26 Å². The molecule has 3 aliphatic rings. The van der Waals surface area contributed by atoms with Gasteiger partial charge in [0, 0.05) is 40.5 Å². The van der Waals surface area contributed by atoms with Crippen LogP contribution in [0.25, 0.3) is 6.08 Å². The third kappa shape index (κ3) is 5.50. The number of rotatable bonds is 6. The molecule has 252 valence electrons. The molecule has 2 bridgehead atoms. The first-order valence-electron chi connectivity index (χ1n) is 15.5. The summed E-state index contributed by atoms with van der Waals surface area (Å²) in [4.78, 5) is 29.6. The van der Waals surface area contributed by atoms with Gasteiger partial charge in [0.2, 0.25) is 5.91 Å². The number of benzene rings is 2. The van der Waals surface area contributed by atoms with E-state index in [0.717, 1.165) is 11.1 Å². The van der Waals surface area contributed by atoms with Crippen molar-refractivity contribution in [3.8, 4) is 34.8 Å². The summed E-state index contributed by atoms with van der Waals surface area (Å²) in [5, 5.41) is 50.7. The summed E-state index contributed by atoms with van der Waals surface area (Å²) in [6, 6.07) is 0.932. The van der Waals surface area contributed by atoms with Gasteiger partial charge in [0.25, 0.3) is 0 Å². The molecule has 0 unspecified atom stereocenters. The number of phenolic OH excluding ortho intramolecular Hbond substituents is 3. The van der Waals surface area contributed by atoms with Crippen LogP contribution in [0.4, 0.5) is 4.79 Å². The molecule has 1 fully saturated rings. The molecule has 13 nitrogen and oxygen atoms in total. The standard InChI is InChI=1S/C34H43N5O8/c1-15-10-18-11-20-22(13-35)39-21(26(38(20)7)24(18)28(41)30(15)45-8)12-19-25(29(42)31(46-9)16(2)27(19)40)23(39)14-36-32(43)17(3)37-33(44)47-34(4,5)6/h10,12,17,20,22-23,26,40-42H,11,14H2,1-9H3,(H,36,43)(H,37,44)/t17-,20-,22-,23-,26+/m0/s1. The highest BCUT2D eigenvalue weighted by atomic mass is 16.6. The number of carbonyl (C=O) groups is 2. The molecule has 1 saturated heterocycles. The molecule has 47 heavy (non-hydrogen) atoms. The van der Waals surface area contributed by atoms with Crippen LogP contribution in [0.2, 0.25) is 0 Å². The SMILES string of the molecule is COc1c(C)cc2c(c1O)[C@H]1C3=Cc4c(O)c(C)c(OC)c(O)c4[C@H](CNC(=O)[C@H](C)NC(=O)OC(C)(C)C)N3[C@@H](C#N)[C@H](C2)N1C. The maximum absolute atomic E-state index is 13.3. The highest BCUT2D eigenvalue weighted by molar-refractivity contribution is 5.85. The van der Waals surface area contributed by atoms with Crippen molar-refractivity contribution in [2.45, 2.75) is 83.8 Å². The number of nitrogens with one attached hydrogen (secondary N) is 2. The van der Waals surface area contributed by atoms with Gasteiger partial charge in [-0.15, -0.1) is 0 Å². The fourth-order valence-corrected chi connectivity index (χ4v) is 7.20. The number of carbonyl (C=O) groups excluding carboxylic acids is 2. The number of hydrogen-bond donors (Lipinski definition) is 5. The molecular formula is C34H43N5O8. The second-order valence-electron chi connectivity index (χ2n) is 13.3. The Kier molecular flexibility index (Phi) is 8.62. The van der Waals surface area contributed by atoms with Crippen LogP contribution in [0, 0.1) is 25.2 Å². The fraction of sp³-hybridized carbons (Fsp3) is 0.500. The third-order valence-electron chi connectivity index (χ3n) is 9.25. The van der Waals surface area contributed by atoms with Crippen LogP contribution in [0.3, 0.4) is 0 Å². The lowest BCUT2D eigenvalue weighted by Crippen LogP contribution is -2.62. The van der Waals surface area contributed by atoms with E-state index in [1.165, 1.54) is 21.1 Å². The first-order chi connectivity index (χ1) is 22.1. The number of likely N-dealkylation sites (N-methyl/N-ethyl adjacent to an activating group) is 1. The van der Waals surface area contributed by atoms with Gasteiger partial charge in [-0.2, -0.15) is 5.26 Å². The highest BCUT2D eigenvalue weighted by Crippen LogP contribution is 2.58. The largest absolute Gasteiger partial charge is 0.507 e. The zero-order chi connectivity index (χ0) is 34.7. The smallest absolute Gasteiger partial charge is 0.408 e. The molecule has 3 heterocycles. The minimum Gasteiger partial charge on any atom is -0.507 e. The summed E-state index contributed by atoms with van der Waals surface area (Å²) < 4.78 is 16.3. The van der Waals surface area contributed by atoms with Gasteiger partial charge in [-0.1, -0.05) is 6.07 Å². The van der Waals surface area contributed by atoms with Crippen LogP contribution < -0.4 is 20.1 Å². The van der Waals surface area contributed by atoms with E-state index in [1.807, 2.05) is 29.8 Å². The molecule has 13 heteroatoms. The fourth-order valence-electron chi connectivity index (χ4n) is 7.20. The zero-order valence-corrected chi connectivity index (χ0v) is 28.2. The van der Waals surface area contributed by atoms with Crippen LogP contribution in [0.1, 0.15) is 73.2 Å². The number of methoxy groups -OCH3 is 2. The van der Waals surface area contributed by atoms with E-state index in [4.69, 9.17) is 14.2 Å². The number of fused-ring (bicyclic) bond motifs is 7. The molecule has 0 aliphatic carbocycles. The predicted molar refractivity (Wildman–Crippen MR) is 172 cm³/mol. The van der Waals surface area contributed by atoms with Crippen molar-refractivity contribution < 1.29 is 39.1 Å². The average molecular weight is 650 g/mol. The summed E-state index contributed by atoms with van der Waals surface area (Å²) >= 11 is 0. The molecular weight excluding hydrogens is 606 g/mol. The van der Waals surface area contributed by atoms with Crippen molar-refractivity contribution >= 4 is 18.1 Å². The number of nitriles is 1. The molecule has 5 atom stereocenters. The summed E-state index contributed by atoms with van der Waals surface area (Å²) in [5.74, 6) is -0.475. The van der Waals surface area contributed by atoms with Gasteiger partial charge in [-0.05, 0) is 72.2 Å². The molecule has 0 spiro atoms. The Morgan fingerprint density at radius 1 is 1.09 bits per heavy atom. The number of amides is 2. The molecule has 5 rings (SSSR count). The summed E-state index contributed by atoms with van der Waals surface area (Å²) in [7, 11) is 4.76. The van der Waals surface area contributed by atoms with E-state index in [1.54, 1.807) is 33.8 Å². The molecule has 5 N–H and O–H groups in total. The van der Waals surface area contributed by atoms with Crippen molar-refractivity contribution in [1.82, 2.24) is 20.4 Å². The van der Waals surface area contributed by atoms with E-state index in [9.17, 15) is 30.2 Å². The Bertz CT molecular complexity index is 1710. The maximum Gasteiger partial charge on any atom is 0.408 e. The maximum atomic E-state index is 13.3. The van der Waals surface area contributed by atoms with Crippen molar-refractivity contribution in [2.24, 2.45) is 0 Å².